The van der Waals surface area contributed by atoms with Crippen molar-refractivity contribution in [1.29, 1.82) is 0 Å². The zero-order valence-corrected chi connectivity index (χ0v) is 13.4. The zero-order chi connectivity index (χ0) is 14.7. The summed E-state index contributed by atoms with van der Waals surface area (Å²) in [7, 11) is 0. The summed E-state index contributed by atoms with van der Waals surface area (Å²) < 4.78 is 5.54. The van der Waals surface area contributed by atoms with Crippen molar-refractivity contribution in [3.05, 3.63) is 0 Å². The normalized spacial score (nSPS) is 36.0. The van der Waals surface area contributed by atoms with Crippen LogP contribution < -0.4 is 5.32 Å². The van der Waals surface area contributed by atoms with Gasteiger partial charge in [0.15, 0.2) is 0 Å². The van der Waals surface area contributed by atoms with Crippen molar-refractivity contribution < 1.29 is 9.53 Å². The molecule has 2 bridgehead atoms. The Morgan fingerprint density at radius 3 is 2.67 bits per heavy atom. The average molecular weight is 294 g/mol. The number of nitrogens with one attached hydrogen (secondary N) is 1. The topological polar surface area (TPSA) is 41.6 Å². The van der Waals surface area contributed by atoms with Crippen molar-refractivity contribution >= 4 is 5.91 Å². The molecular weight excluding hydrogens is 264 g/mol. The van der Waals surface area contributed by atoms with E-state index in [1.54, 1.807) is 0 Å². The van der Waals surface area contributed by atoms with Crippen molar-refractivity contribution in [3.8, 4) is 0 Å². The van der Waals surface area contributed by atoms with Gasteiger partial charge in [0, 0.05) is 38.2 Å². The van der Waals surface area contributed by atoms with E-state index >= 15 is 0 Å². The fourth-order valence-corrected chi connectivity index (χ4v) is 4.43. The van der Waals surface area contributed by atoms with Crippen LogP contribution in [0.2, 0.25) is 0 Å². The van der Waals surface area contributed by atoms with E-state index in [0.29, 0.717) is 29.8 Å². The smallest absolute Gasteiger partial charge is 0.222 e. The Hall–Kier alpha value is -0.610. The predicted molar refractivity (Wildman–Crippen MR) is 83.1 cm³/mol. The van der Waals surface area contributed by atoms with Crippen LogP contribution >= 0.6 is 0 Å². The second-order valence-electron chi connectivity index (χ2n) is 7.19. The van der Waals surface area contributed by atoms with Gasteiger partial charge < -0.3 is 15.0 Å². The van der Waals surface area contributed by atoms with Gasteiger partial charge in [-0.15, -0.1) is 0 Å². The van der Waals surface area contributed by atoms with Crippen molar-refractivity contribution in [1.82, 2.24) is 10.2 Å². The molecule has 3 aliphatic rings. The Morgan fingerprint density at radius 2 is 1.95 bits per heavy atom. The first-order valence-corrected chi connectivity index (χ1v) is 8.86. The fourth-order valence-electron chi connectivity index (χ4n) is 4.43. The molecule has 3 saturated heterocycles. The van der Waals surface area contributed by atoms with E-state index in [1.807, 2.05) is 6.92 Å². The van der Waals surface area contributed by atoms with E-state index in [0.717, 1.165) is 39.1 Å². The molecule has 120 valence electrons. The molecule has 0 saturated carbocycles. The number of fused-ring (bicyclic) bond motifs is 2. The highest BCUT2D eigenvalue weighted by Gasteiger charge is 2.35. The lowest BCUT2D eigenvalue weighted by Gasteiger charge is -2.35. The minimum atomic E-state index is 0.391. The van der Waals surface area contributed by atoms with Gasteiger partial charge >= 0.3 is 0 Å². The predicted octanol–water partition coefficient (Wildman–Crippen LogP) is 2.18. The molecule has 1 amide bonds. The van der Waals surface area contributed by atoms with Gasteiger partial charge in [0.05, 0.1) is 6.61 Å². The van der Waals surface area contributed by atoms with Gasteiger partial charge in [-0.25, -0.2) is 0 Å². The van der Waals surface area contributed by atoms with Gasteiger partial charge in [-0.05, 0) is 57.3 Å². The first-order chi connectivity index (χ1) is 10.2. The minimum absolute atomic E-state index is 0.391. The maximum absolute atomic E-state index is 12.6. The second-order valence-corrected chi connectivity index (χ2v) is 7.19. The summed E-state index contributed by atoms with van der Waals surface area (Å²) in [6.07, 6.45) is 8.17. The number of hydrogen-bond donors (Lipinski definition) is 1. The number of ether oxygens (including phenoxy) is 1. The van der Waals surface area contributed by atoms with Crippen molar-refractivity contribution in [2.24, 2.45) is 11.8 Å². The summed E-state index contributed by atoms with van der Waals surface area (Å²) in [6.45, 7) is 5.51. The quantitative estimate of drug-likeness (QED) is 0.845. The molecule has 0 aliphatic carbocycles. The molecule has 0 aromatic carbocycles. The lowest BCUT2D eigenvalue weighted by atomic mass is 9.88. The van der Waals surface area contributed by atoms with Crippen LogP contribution in [0.25, 0.3) is 0 Å². The molecule has 3 aliphatic heterocycles. The molecule has 3 fully saturated rings. The van der Waals surface area contributed by atoms with Crippen LogP contribution in [0.1, 0.15) is 51.9 Å². The SMILES string of the molecule is CCOCC1CCCN(C(=O)CC2CC3CCC(C2)N3)C1. The highest BCUT2D eigenvalue weighted by Crippen LogP contribution is 2.33. The maximum Gasteiger partial charge on any atom is 0.222 e. The maximum atomic E-state index is 12.6. The molecule has 1 N–H and O–H groups in total. The third-order valence-corrected chi connectivity index (χ3v) is 5.46. The number of piperidine rings is 2. The van der Waals surface area contributed by atoms with E-state index in [2.05, 4.69) is 10.2 Å². The number of amides is 1. The highest BCUT2D eigenvalue weighted by molar-refractivity contribution is 5.76. The Kier molecular flexibility index (Phi) is 5.17. The first kappa shape index (κ1) is 15.3. The van der Waals surface area contributed by atoms with Crippen LogP contribution in [0, 0.1) is 11.8 Å². The molecule has 0 aromatic rings. The van der Waals surface area contributed by atoms with Gasteiger partial charge in [-0.1, -0.05) is 0 Å². The van der Waals surface area contributed by atoms with Gasteiger partial charge in [0.1, 0.15) is 0 Å². The van der Waals surface area contributed by atoms with Crippen LogP contribution in [0.3, 0.4) is 0 Å². The van der Waals surface area contributed by atoms with E-state index in [-0.39, 0.29) is 0 Å². The summed E-state index contributed by atoms with van der Waals surface area (Å²) in [6, 6.07) is 1.38. The molecule has 3 heterocycles. The first-order valence-electron chi connectivity index (χ1n) is 8.86. The molecule has 0 radical (unpaired) electrons. The van der Waals surface area contributed by atoms with Gasteiger partial charge in [0.25, 0.3) is 0 Å². The van der Waals surface area contributed by atoms with E-state index < -0.39 is 0 Å². The lowest BCUT2D eigenvalue weighted by Crippen LogP contribution is -2.44. The number of rotatable bonds is 5. The number of carbonyl (C=O) groups excluding carboxylic acids is 1. The van der Waals surface area contributed by atoms with Crippen LogP contribution in [-0.2, 0) is 9.53 Å². The molecular formula is C17H30N2O2. The molecule has 21 heavy (non-hydrogen) atoms. The third-order valence-electron chi connectivity index (χ3n) is 5.46. The fraction of sp³-hybridized carbons (Fsp3) is 0.941. The van der Waals surface area contributed by atoms with Crippen LogP contribution in [0.5, 0.6) is 0 Å². The van der Waals surface area contributed by atoms with Crippen LogP contribution in [0.15, 0.2) is 0 Å². The number of nitrogens with zero attached hydrogens (tertiary/aromatic N) is 1. The number of carbonyl (C=O) groups is 1. The zero-order valence-electron chi connectivity index (χ0n) is 13.4. The lowest BCUT2D eigenvalue weighted by molar-refractivity contribution is -0.134. The summed E-state index contributed by atoms with van der Waals surface area (Å²) in [4.78, 5) is 14.7. The van der Waals surface area contributed by atoms with Crippen LogP contribution in [-0.4, -0.2) is 49.2 Å². The summed E-state index contributed by atoms with van der Waals surface area (Å²) in [5.41, 5.74) is 0. The van der Waals surface area contributed by atoms with Gasteiger partial charge in [0.2, 0.25) is 5.91 Å². The summed E-state index contributed by atoms with van der Waals surface area (Å²) in [5, 5.41) is 3.66. The molecule has 4 heteroatoms. The molecule has 3 rings (SSSR count). The van der Waals surface area contributed by atoms with Gasteiger partial charge in [-0.2, -0.15) is 0 Å². The number of likely N-dealkylation sites (tertiary alicyclic amines) is 1. The van der Waals surface area contributed by atoms with Crippen molar-refractivity contribution in [3.63, 3.8) is 0 Å². The molecule has 3 unspecified atom stereocenters. The number of hydrogen-bond acceptors (Lipinski definition) is 3. The van der Waals surface area contributed by atoms with E-state index in [4.69, 9.17) is 4.74 Å². The highest BCUT2D eigenvalue weighted by atomic mass is 16.5. The monoisotopic (exact) mass is 294 g/mol. The van der Waals surface area contributed by atoms with Crippen LogP contribution in [0.4, 0.5) is 0 Å². The summed E-state index contributed by atoms with van der Waals surface area (Å²) in [5.74, 6) is 1.55. The Balaban J connectivity index is 1.46. The minimum Gasteiger partial charge on any atom is -0.381 e. The van der Waals surface area contributed by atoms with E-state index in [1.165, 1.54) is 32.1 Å². The third kappa shape index (κ3) is 3.98. The van der Waals surface area contributed by atoms with Gasteiger partial charge in [-0.3, -0.25) is 4.79 Å². The molecule has 4 nitrogen and oxygen atoms in total. The largest absolute Gasteiger partial charge is 0.381 e. The Morgan fingerprint density at radius 1 is 1.19 bits per heavy atom. The van der Waals surface area contributed by atoms with Crippen molar-refractivity contribution in [2.75, 3.05) is 26.3 Å². The second kappa shape index (κ2) is 7.10. The average Bonchev–Trinajstić information content (AvgIpc) is 2.84. The molecule has 3 atom stereocenters. The molecule has 0 spiro atoms. The summed E-state index contributed by atoms with van der Waals surface area (Å²) >= 11 is 0. The van der Waals surface area contributed by atoms with E-state index in [9.17, 15) is 4.79 Å². The Labute approximate surface area is 128 Å². The van der Waals surface area contributed by atoms with Crippen molar-refractivity contribution in [2.45, 2.75) is 64.0 Å². The standard InChI is InChI=1S/C17H30N2O2/c1-2-21-12-13-4-3-7-19(11-13)17(20)10-14-8-15-5-6-16(9-14)18-15/h13-16,18H,2-12H2,1H3. The molecule has 0 aromatic heterocycles. The Bertz CT molecular complexity index is 349.